The van der Waals surface area contributed by atoms with Gasteiger partial charge in [-0.15, -0.1) is 0 Å². The van der Waals surface area contributed by atoms with Crippen molar-refractivity contribution in [2.75, 3.05) is 50.6 Å². The largest absolute Gasteiger partial charge is 0.496 e. The fourth-order valence-corrected chi connectivity index (χ4v) is 3.41. The zero-order valence-electron chi connectivity index (χ0n) is 16.7. The standard InChI is InChI=1S/C22H27N3O3/c1-16(26)17-8-9-21(28-3)18(14-17)15-22(27)23-19-6-4-5-7-20(19)25-12-10-24(2)11-13-25/h4-9,14H,10-13,15H2,1-3H3,(H,23,27). The van der Waals surface area contributed by atoms with Crippen molar-refractivity contribution in [2.45, 2.75) is 13.3 Å². The highest BCUT2D eigenvalue weighted by atomic mass is 16.5. The number of ketones is 1. The van der Waals surface area contributed by atoms with E-state index in [1.54, 1.807) is 25.3 Å². The molecule has 148 valence electrons. The van der Waals surface area contributed by atoms with E-state index in [4.69, 9.17) is 4.74 Å². The number of amides is 1. The number of likely N-dealkylation sites (N-methyl/N-ethyl adjacent to an activating group) is 1. The molecule has 0 unspecified atom stereocenters. The Morgan fingerprint density at radius 3 is 2.46 bits per heavy atom. The first kappa shape index (κ1) is 19.9. The maximum absolute atomic E-state index is 12.7. The third-order valence-electron chi connectivity index (χ3n) is 5.06. The number of ether oxygens (including phenoxy) is 1. The topological polar surface area (TPSA) is 61.9 Å². The molecule has 1 aliphatic heterocycles. The number of benzene rings is 2. The molecule has 0 bridgehead atoms. The summed E-state index contributed by atoms with van der Waals surface area (Å²) in [6.45, 7) is 5.36. The van der Waals surface area contributed by atoms with Crippen LogP contribution in [-0.4, -0.2) is 56.9 Å². The van der Waals surface area contributed by atoms with E-state index in [0.29, 0.717) is 16.9 Å². The SMILES string of the molecule is COc1ccc(C(C)=O)cc1CC(=O)Nc1ccccc1N1CCN(C)CC1. The highest BCUT2D eigenvalue weighted by molar-refractivity contribution is 5.97. The van der Waals surface area contributed by atoms with Crippen molar-refractivity contribution >= 4 is 23.1 Å². The van der Waals surface area contributed by atoms with Gasteiger partial charge in [0.2, 0.25) is 5.91 Å². The Kier molecular flexibility index (Phi) is 6.31. The number of piperazine rings is 1. The van der Waals surface area contributed by atoms with Crippen LogP contribution in [0.15, 0.2) is 42.5 Å². The summed E-state index contributed by atoms with van der Waals surface area (Å²) in [5.41, 5.74) is 3.11. The Morgan fingerprint density at radius 1 is 1.07 bits per heavy atom. The number of rotatable bonds is 6. The van der Waals surface area contributed by atoms with Gasteiger partial charge in [0.05, 0.1) is 24.9 Å². The highest BCUT2D eigenvalue weighted by Crippen LogP contribution is 2.27. The molecule has 1 saturated heterocycles. The third-order valence-corrected chi connectivity index (χ3v) is 5.06. The lowest BCUT2D eigenvalue weighted by Crippen LogP contribution is -2.44. The second kappa shape index (κ2) is 8.89. The summed E-state index contributed by atoms with van der Waals surface area (Å²) in [6, 6.07) is 13.1. The highest BCUT2D eigenvalue weighted by Gasteiger charge is 2.18. The van der Waals surface area contributed by atoms with Crippen LogP contribution in [0.25, 0.3) is 0 Å². The molecule has 2 aromatic carbocycles. The number of nitrogens with one attached hydrogen (secondary N) is 1. The van der Waals surface area contributed by atoms with Gasteiger partial charge in [-0.1, -0.05) is 12.1 Å². The Hall–Kier alpha value is -2.86. The summed E-state index contributed by atoms with van der Waals surface area (Å²) in [5.74, 6) is 0.429. The quantitative estimate of drug-likeness (QED) is 0.780. The minimum Gasteiger partial charge on any atom is -0.496 e. The van der Waals surface area contributed by atoms with Gasteiger partial charge in [0.1, 0.15) is 5.75 Å². The molecule has 1 fully saturated rings. The normalized spacial score (nSPS) is 14.6. The number of anilines is 2. The molecule has 1 N–H and O–H groups in total. The summed E-state index contributed by atoms with van der Waals surface area (Å²) < 4.78 is 5.36. The van der Waals surface area contributed by atoms with E-state index < -0.39 is 0 Å². The van der Waals surface area contributed by atoms with Crippen LogP contribution in [0, 0.1) is 0 Å². The molecule has 0 radical (unpaired) electrons. The number of carbonyl (C=O) groups is 2. The van der Waals surface area contributed by atoms with Crippen molar-refractivity contribution in [3.63, 3.8) is 0 Å². The molecular weight excluding hydrogens is 354 g/mol. The second-order valence-electron chi connectivity index (χ2n) is 7.12. The fraction of sp³-hybridized carbons (Fsp3) is 0.364. The van der Waals surface area contributed by atoms with Crippen LogP contribution in [0.2, 0.25) is 0 Å². The minimum absolute atomic E-state index is 0.0373. The van der Waals surface area contributed by atoms with Crippen molar-refractivity contribution in [3.8, 4) is 5.75 Å². The minimum atomic E-state index is -0.138. The second-order valence-corrected chi connectivity index (χ2v) is 7.12. The van der Waals surface area contributed by atoms with Gasteiger partial charge in [-0.3, -0.25) is 9.59 Å². The van der Waals surface area contributed by atoms with E-state index in [0.717, 1.165) is 37.6 Å². The van der Waals surface area contributed by atoms with Crippen molar-refractivity contribution in [1.29, 1.82) is 0 Å². The van der Waals surface area contributed by atoms with Crippen molar-refractivity contribution in [2.24, 2.45) is 0 Å². The summed E-state index contributed by atoms with van der Waals surface area (Å²) in [5, 5.41) is 3.03. The molecule has 0 spiro atoms. The molecule has 3 rings (SSSR count). The molecule has 6 nitrogen and oxygen atoms in total. The fourth-order valence-electron chi connectivity index (χ4n) is 3.41. The van der Waals surface area contributed by atoms with Crippen LogP contribution in [0.5, 0.6) is 5.75 Å². The van der Waals surface area contributed by atoms with Crippen molar-refractivity contribution in [1.82, 2.24) is 4.90 Å². The maximum atomic E-state index is 12.7. The smallest absolute Gasteiger partial charge is 0.228 e. The molecule has 0 aromatic heterocycles. The first-order chi connectivity index (χ1) is 13.5. The average molecular weight is 381 g/mol. The van der Waals surface area contributed by atoms with Gasteiger partial charge in [-0.25, -0.2) is 0 Å². The number of methoxy groups -OCH3 is 1. The third kappa shape index (κ3) is 4.70. The first-order valence-electron chi connectivity index (χ1n) is 9.48. The van der Waals surface area contributed by atoms with E-state index in [1.807, 2.05) is 24.3 Å². The number of carbonyl (C=O) groups excluding carboxylic acids is 2. The zero-order valence-corrected chi connectivity index (χ0v) is 16.7. The number of para-hydroxylation sites is 2. The van der Waals surface area contributed by atoms with Crippen LogP contribution in [0.1, 0.15) is 22.8 Å². The lowest BCUT2D eigenvalue weighted by molar-refractivity contribution is -0.115. The number of hydrogen-bond donors (Lipinski definition) is 1. The van der Waals surface area contributed by atoms with E-state index in [-0.39, 0.29) is 18.1 Å². The van der Waals surface area contributed by atoms with Gasteiger partial charge in [-0.05, 0) is 44.3 Å². The number of Topliss-reactive ketones (excluding diaryl/α,β-unsaturated/α-hetero) is 1. The Bertz CT molecular complexity index is 858. The molecule has 1 aliphatic rings. The zero-order chi connectivity index (χ0) is 20.1. The molecule has 2 aromatic rings. The van der Waals surface area contributed by atoms with E-state index in [9.17, 15) is 9.59 Å². The van der Waals surface area contributed by atoms with Gasteiger partial charge >= 0.3 is 0 Å². The number of nitrogens with zero attached hydrogens (tertiary/aromatic N) is 2. The van der Waals surface area contributed by atoms with Crippen LogP contribution in [-0.2, 0) is 11.2 Å². The van der Waals surface area contributed by atoms with Crippen molar-refractivity contribution < 1.29 is 14.3 Å². The van der Waals surface area contributed by atoms with Crippen LogP contribution >= 0.6 is 0 Å². The number of hydrogen-bond acceptors (Lipinski definition) is 5. The predicted molar refractivity (Wildman–Crippen MR) is 111 cm³/mol. The molecule has 0 saturated carbocycles. The van der Waals surface area contributed by atoms with E-state index in [2.05, 4.69) is 22.2 Å². The Labute approximate surface area is 166 Å². The summed E-state index contributed by atoms with van der Waals surface area (Å²) in [6.07, 6.45) is 0.140. The first-order valence-corrected chi connectivity index (χ1v) is 9.48. The summed E-state index contributed by atoms with van der Waals surface area (Å²) in [7, 11) is 3.68. The summed E-state index contributed by atoms with van der Waals surface area (Å²) >= 11 is 0. The molecule has 0 aliphatic carbocycles. The molecular formula is C22H27N3O3. The van der Waals surface area contributed by atoms with Gasteiger partial charge in [0, 0.05) is 37.3 Å². The van der Waals surface area contributed by atoms with Crippen molar-refractivity contribution in [3.05, 3.63) is 53.6 Å². The van der Waals surface area contributed by atoms with Crippen LogP contribution < -0.4 is 15.0 Å². The van der Waals surface area contributed by atoms with E-state index in [1.165, 1.54) is 6.92 Å². The molecule has 1 heterocycles. The molecule has 1 amide bonds. The Balaban J connectivity index is 1.76. The van der Waals surface area contributed by atoms with Gasteiger partial charge in [0.25, 0.3) is 0 Å². The van der Waals surface area contributed by atoms with Gasteiger partial charge < -0.3 is 19.9 Å². The van der Waals surface area contributed by atoms with Gasteiger partial charge in [0.15, 0.2) is 5.78 Å². The van der Waals surface area contributed by atoms with Gasteiger partial charge in [-0.2, -0.15) is 0 Å². The average Bonchev–Trinajstić information content (AvgIpc) is 2.69. The van der Waals surface area contributed by atoms with Crippen LogP contribution in [0.4, 0.5) is 11.4 Å². The lowest BCUT2D eigenvalue weighted by atomic mass is 10.0. The molecule has 0 atom stereocenters. The predicted octanol–water partition coefficient (Wildman–Crippen LogP) is 2.83. The van der Waals surface area contributed by atoms with Crippen LogP contribution in [0.3, 0.4) is 0 Å². The maximum Gasteiger partial charge on any atom is 0.228 e. The molecule has 6 heteroatoms. The monoisotopic (exact) mass is 381 g/mol. The van der Waals surface area contributed by atoms with E-state index >= 15 is 0 Å². The Morgan fingerprint density at radius 2 is 1.79 bits per heavy atom. The lowest BCUT2D eigenvalue weighted by Gasteiger charge is -2.35. The summed E-state index contributed by atoms with van der Waals surface area (Å²) in [4.78, 5) is 29.0. The molecule has 28 heavy (non-hydrogen) atoms.